The Morgan fingerprint density at radius 1 is 1.18 bits per heavy atom. The smallest absolute Gasteiger partial charge is 0.389 e. The highest BCUT2D eigenvalue weighted by molar-refractivity contribution is 6.18. The lowest BCUT2D eigenvalue weighted by molar-refractivity contribution is -0.679. The number of amides is 3. The van der Waals surface area contributed by atoms with E-state index in [1.807, 2.05) is 45.2 Å². The van der Waals surface area contributed by atoms with Gasteiger partial charge in [-0.15, -0.1) is 0 Å². The number of carbonyl (C=O) groups is 2. The second kappa shape index (κ2) is 6.58. The molecule has 2 aliphatic heterocycles. The van der Waals surface area contributed by atoms with Gasteiger partial charge in [-0.25, -0.2) is 4.79 Å². The number of oxazole rings is 1. The average Bonchev–Trinajstić information content (AvgIpc) is 3.21. The summed E-state index contributed by atoms with van der Waals surface area (Å²) in [6.07, 6.45) is 3.36. The van der Waals surface area contributed by atoms with Crippen molar-refractivity contribution < 1.29 is 18.6 Å². The normalized spacial score (nSPS) is 19.0. The first-order chi connectivity index (χ1) is 13.3. The summed E-state index contributed by atoms with van der Waals surface area (Å²) in [6.45, 7) is 6.50. The second-order valence-electron chi connectivity index (χ2n) is 8.33. The van der Waals surface area contributed by atoms with E-state index < -0.39 is 6.04 Å². The third-order valence-corrected chi connectivity index (χ3v) is 5.20. The van der Waals surface area contributed by atoms with Crippen LogP contribution in [0.4, 0.5) is 10.8 Å². The Hall–Kier alpha value is -2.96. The molecule has 7 nitrogen and oxygen atoms in total. The summed E-state index contributed by atoms with van der Waals surface area (Å²) >= 11 is 0. The van der Waals surface area contributed by atoms with Crippen LogP contribution < -0.4 is 4.57 Å². The summed E-state index contributed by atoms with van der Waals surface area (Å²) in [4.78, 5) is 33.1. The van der Waals surface area contributed by atoms with Crippen LogP contribution in [-0.2, 0) is 16.6 Å². The number of rotatable bonds is 4. The van der Waals surface area contributed by atoms with Crippen molar-refractivity contribution in [2.45, 2.75) is 45.1 Å². The number of aryl methyl sites for hydroxylation is 1. The molecule has 1 saturated heterocycles. The predicted octanol–water partition coefficient (Wildman–Crippen LogP) is 2.98. The number of aromatic nitrogens is 1. The molecule has 4 rings (SSSR count). The Balaban J connectivity index is 1.55. The zero-order valence-electron chi connectivity index (χ0n) is 16.7. The van der Waals surface area contributed by atoms with Gasteiger partial charge in [0.25, 0.3) is 17.8 Å². The number of fused-ring (bicyclic) bond motifs is 3. The van der Waals surface area contributed by atoms with Crippen LogP contribution in [0, 0.1) is 0 Å². The van der Waals surface area contributed by atoms with E-state index in [4.69, 9.17) is 4.42 Å². The summed E-state index contributed by atoms with van der Waals surface area (Å²) in [7, 11) is 1.65. The van der Waals surface area contributed by atoms with Crippen molar-refractivity contribution in [2.75, 3.05) is 13.6 Å². The molecule has 1 aromatic heterocycles. The van der Waals surface area contributed by atoms with Gasteiger partial charge >= 0.3 is 12.0 Å². The number of amidine groups is 1. The molecule has 0 spiro atoms. The number of hydrogen-bond acceptors (Lipinski definition) is 4. The highest BCUT2D eigenvalue weighted by Gasteiger charge is 2.55. The van der Waals surface area contributed by atoms with Gasteiger partial charge in [0.1, 0.15) is 6.20 Å². The van der Waals surface area contributed by atoms with Crippen molar-refractivity contribution >= 4 is 23.8 Å². The molecule has 1 unspecified atom stereocenters. The monoisotopic (exact) mass is 381 g/mol. The van der Waals surface area contributed by atoms with Gasteiger partial charge in [0.15, 0.2) is 5.76 Å². The van der Waals surface area contributed by atoms with E-state index in [1.54, 1.807) is 11.6 Å². The fourth-order valence-electron chi connectivity index (χ4n) is 3.56. The Morgan fingerprint density at radius 3 is 2.57 bits per heavy atom. The molecule has 3 amide bonds. The van der Waals surface area contributed by atoms with Crippen molar-refractivity contribution in [1.82, 2.24) is 9.80 Å². The zero-order valence-corrected chi connectivity index (χ0v) is 16.7. The molecule has 28 heavy (non-hydrogen) atoms. The number of imide groups is 1. The van der Waals surface area contributed by atoms with Crippen LogP contribution in [-0.4, -0.2) is 41.2 Å². The summed E-state index contributed by atoms with van der Waals surface area (Å²) in [5, 5.41) is 0. The Kier molecular flexibility index (Phi) is 4.33. The van der Waals surface area contributed by atoms with Crippen molar-refractivity contribution in [2.24, 2.45) is 4.99 Å². The molecule has 1 fully saturated rings. The molecule has 0 aliphatic carbocycles. The molecule has 7 heteroatoms. The zero-order chi connectivity index (χ0) is 20.1. The molecule has 3 heterocycles. The lowest BCUT2D eigenvalue weighted by Crippen LogP contribution is -2.62. The first kappa shape index (κ1) is 18.4. The van der Waals surface area contributed by atoms with Gasteiger partial charge in [0.05, 0.1) is 0 Å². The molecule has 1 aromatic carbocycles. The molecule has 0 N–H and O–H groups in total. The third-order valence-electron chi connectivity index (χ3n) is 5.20. The summed E-state index contributed by atoms with van der Waals surface area (Å²) in [5.41, 5.74) is 0.999. The van der Waals surface area contributed by atoms with Crippen LogP contribution in [0.25, 0.3) is 0 Å². The van der Waals surface area contributed by atoms with Gasteiger partial charge in [-0.2, -0.15) is 4.57 Å². The number of likely N-dealkylation sites (N-methyl/N-ethyl adjacent to an activating group) is 1. The van der Waals surface area contributed by atoms with Crippen molar-refractivity contribution in [3.8, 4) is 0 Å². The molecule has 0 saturated carbocycles. The Labute approximate surface area is 164 Å². The van der Waals surface area contributed by atoms with Gasteiger partial charge < -0.3 is 4.42 Å². The fourth-order valence-corrected chi connectivity index (χ4v) is 3.56. The minimum atomic E-state index is -0.644. The number of nitrogens with zero attached hydrogens (tertiary/aromatic N) is 4. The molecule has 146 valence electrons. The third kappa shape index (κ3) is 3.00. The maximum absolute atomic E-state index is 13.2. The standard InChI is InChI=1S/C21H25N4O3/c1-21(2,3)15-13-25-16-17(22-19(25)28-15)23(4)20(27)24(18(16)26)12-8-11-14-9-6-5-7-10-14/h5-7,9-10,13,16H,8,11-12H2,1-4H3/q+1. The van der Waals surface area contributed by atoms with E-state index in [1.165, 1.54) is 15.4 Å². The quantitative estimate of drug-likeness (QED) is 0.765. The maximum atomic E-state index is 13.2. The van der Waals surface area contributed by atoms with Gasteiger partial charge in [-0.1, -0.05) is 51.1 Å². The molecule has 0 radical (unpaired) electrons. The van der Waals surface area contributed by atoms with Crippen LogP contribution in [0.3, 0.4) is 0 Å². The van der Waals surface area contributed by atoms with Gasteiger partial charge in [-0.3, -0.25) is 14.6 Å². The molecule has 2 aromatic rings. The molecule has 0 bridgehead atoms. The van der Waals surface area contributed by atoms with Crippen molar-refractivity contribution in [3.63, 3.8) is 0 Å². The van der Waals surface area contributed by atoms with E-state index in [0.717, 1.165) is 12.2 Å². The number of urea groups is 1. The Bertz CT molecular complexity index is 956. The first-order valence-electron chi connectivity index (χ1n) is 9.54. The summed E-state index contributed by atoms with van der Waals surface area (Å²) < 4.78 is 7.60. The van der Waals surface area contributed by atoms with E-state index >= 15 is 0 Å². The van der Waals surface area contributed by atoms with Gasteiger partial charge in [-0.05, 0) is 18.4 Å². The number of benzene rings is 1. The van der Waals surface area contributed by atoms with E-state index in [9.17, 15) is 9.59 Å². The highest BCUT2D eigenvalue weighted by Crippen LogP contribution is 2.32. The molecule has 2 aliphatic rings. The molecular formula is C21H25N4O3+. The van der Waals surface area contributed by atoms with Crippen LogP contribution in [0.1, 0.15) is 44.6 Å². The Morgan fingerprint density at radius 2 is 1.89 bits per heavy atom. The SMILES string of the molecule is CN1C(=O)N(CCCc2ccccc2)C(=O)C2C1=Nc1oc(C(C)(C)C)c[n+]12. The van der Waals surface area contributed by atoms with E-state index in [0.29, 0.717) is 24.8 Å². The fraction of sp³-hybridized carbons (Fsp3) is 0.429. The number of aliphatic imine (C=N–C) groups is 1. The average molecular weight is 381 g/mol. The lowest BCUT2D eigenvalue weighted by atomic mass is 9.94. The van der Waals surface area contributed by atoms with Crippen molar-refractivity contribution in [1.29, 1.82) is 0 Å². The number of carbonyl (C=O) groups excluding carboxylic acids is 2. The predicted molar refractivity (Wildman–Crippen MR) is 103 cm³/mol. The van der Waals surface area contributed by atoms with Crippen LogP contribution >= 0.6 is 0 Å². The van der Waals surface area contributed by atoms with E-state index in [2.05, 4.69) is 17.1 Å². The van der Waals surface area contributed by atoms with Crippen LogP contribution in [0.5, 0.6) is 0 Å². The minimum Gasteiger partial charge on any atom is -0.389 e. The summed E-state index contributed by atoms with van der Waals surface area (Å²) in [6, 6.07) is 9.44. The van der Waals surface area contributed by atoms with Gasteiger partial charge in [0, 0.05) is 24.0 Å². The largest absolute Gasteiger partial charge is 0.506 e. The first-order valence-corrected chi connectivity index (χ1v) is 9.54. The summed E-state index contributed by atoms with van der Waals surface area (Å²) in [5.74, 6) is 0.932. The van der Waals surface area contributed by atoms with Crippen molar-refractivity contribution in [3.05, 3.63) is 47.9 Å². The van der Waals surface area contributed by atoms with Gasteiger partial charge in [0.2, 0.25) is 0 Å². The number of hydrogen-bond donors (Lipinski definition) is 0. The highest BCUT2D eigenvalue weighted by atomic mass is 16.4. The molecule has 1 atom stereocenters. The van der Waals surface area contributed by atoms with Crippen LogP contribution in [0.2, 0.25) is 0 Å². The minimum absolute atomic E-state index is 0.193. The van der Waals surface area contributed by atoms with E-state index in [-0.39, 0.29) is 17.4 Å². The maximum Gasteiger partial charge on any atom is 0.506 e. The molecular weight excluding hydrogens is 356 g/mol. The topological polar surface area (TPSA) is 70.0 Å². The van der Waals surface area contributed by atoms with Crippen LogP contribution in [0.15, 0.2) is 45.9 Å². The second-order valence-corrected chi connectivity index (χ2v) is 8.33. The lowest BCUT2D eigenvalue weighted by Gasteiger charge is -2.32.